The molecule has 1 atom stereocenters. The van der Waals surface area contributed by atoms with Crippen LogP contribution in [0.25, 0.3) is 0 Å². The van der Waals surface area contributed by atoms with Crippen LogP contribution in [0, 0.1) is 0 Å². The van der Waals surface area contributed by atoms with Crippen LogP contribution in [0.1, 0.15) is 0 Å². The number of nitrogens with one attached hydrogen (secondary N) is 1. The van der Waals surface area contributed by atoms with Gasteiger partial charge in [-0.2, -0.15) is 0 Å². The zero-order valence-electron chi connectivity index (χ0n) is 8.20. The van der Waals surface area contributed by atoms with Gasteiger partial charge in [0.05, 0.1) is 6.54 Å². The second-order valence-corrected chi connectivity index (χ2v) is 4.49. The van der Waals surface area contributed by atoms with Gasteiger partial charge in [0.1, 0.15) is 0 Å². The Morgan fingerprint density at radius 3 is 2.94 bits per heavy atom. The van der Waals surface area contributed by atoms with Crippen molar-refractivity contribution < 1.29 is 18.7 Å². The van der Waals surface area contributed by atoms with E-state index < -0.39 is 17.2 Å². The van der Waals surface area contributed by atoms with Crippen LogP contribution < -0.4 is 9.62 Å². The number of thiazole rings is 1. The van der Waals surface area contributed by atoms with Crippen molar-refractivity contribution in [2.45, 2.75) is 0 Å². The van der Waals surface area contributed by atoms with E-state index in [0.29, 0.717) is 5.13 Å². The number of aromatic nitrogens is 1. The van der Waals surface area contributed by atoms with Gasteiger partial charge in [0.2, 0.25) is 0 Å². The molecule has 0 aromatic carbocycles. The van der Waals surface area contributed by atoms with E-state index in [-0.39, 0.29) is 19.6 Å². The minimum atomic E-state index is -2.15. The summed E-state index contributed by atoms with van der Waals surface area (Å²) in [6, 6.07) is 0. The largest absolute Gasteiger partial charge is 0.480 e. The Bertz CT molecular complexity index is 357. The molecule has 0 aliphatic carbocycles. The number of hydrogen-bond donors (Lipinski definition) is 3. The predicted octanol–water partition coefficient (Wildman–Crippen LogP) is -0.240. The molecule has 0 radical (unpaired) electrons. The van der Waals surface area contributed by atoms with E-state index in [0.717, 1.165) is 0 Å². The summed E-state index contributed by atoms with van der Waals surface area (Å²) >= 11 is -0.912. The van der Waals surface area contributed by atoms with Crippen molar-refractivity contribution in [1.29, 1.82) is 0 Å². The summed E-state index contributed by atoms with van der Waals surface area (Å²) in [4.78, 5) is 14.1. The lowest BCUT2D eigenvalue weighted by atomic mass is 10.5. The first kappa shape index (κ1) is 13.0. The molecule has 0 spiro atoms. The zero-order chi connectivity index (χ0) is 12.0. The molecule has 9 heteroatoms. The van der Waals surface area contributed by atoms with Gasteiger partial charge in [0.25, 0.3) is 11.3 Å². The fraction of sp³-hybridized carbons (Fsp3) is 0.429. The molecule has 1 rings (SSSR count). The standard InChI is InChI=1S/C7H11N3O4S2/c11-6(12)5-8-1-3-10(16(13)14)7-9-2-4-15-7/h2,4,8H,1,3,5H2,(H,11,12)(H,13,14). The van der Waals surface area contributed by atoms with Crippen LogP contribution in [-0.2, 0) is 16.1 Å². The Hall–Kier alpha value is -1.03. The van der Waals surface area contributed by atoms with Crippen LogP contribution in [-0.4, -0.2) is 44.5 Å². The first-order valence-corrected chi connectivity index (χ1v) is 6.26. The van der Waals surface area contributed by atoms with Crippen LogP contribution in [0.2, 0.25) is 0 Å². The number of nitrogens with zero attached hydrogens (tertiary/aromatic N) is 2. The van der Waals surface area contributed by atoms with E-state index in [1.54, 1.807) is 5.38 Å². The Morgan fingerprint density at radius 1 is 1.69 bits per heavy atom. The molecule has 1 aromatic heterocycles. The monoisotopic (exact) mass is 265 g/mol. The molecule has 0 aliphatic heterocycles. The summed E-state index contributed by atoms with van der Waals surface area (Å²) < 4.78 is 21.2. The molecule has 1 unspecified atom stereocenters. The van der Waals surface area contributed by atoms with E-state index in [9.17, 15) is 9.00 Å². The van der Waals surface area contributed by atoms with Gasteiger partial charge in [-0.25, -0.2) is 13.5 Å². The molecule has 1 heterocycles. The smallest absolute Gasteiger partial charge is 0.317 e. The molecule has 1 aromatic rings. The van der Waals surface area contributed by atoms with Crippen LogP contribution >= 0.6 is 11.3 Å². The summed E-state index contributed by atoms with van der Waals surface area (Å²) in [7, 11) is 0. The third-order valence-corrected chi connectivity index (χ3v) is 3.23. The zero-order valence-corrected chi connectivity index (χ0v) is 9.83. The minimum Gasteiger partial charge on any atom is -0.480 e. The predicted molar refractivity (Wildman–Crippen MR) is 60.7 cm³/mol. The highest BCUT2D eigenvalue weighted by atomic mass is 32.2. The van der Waals surface area contributed by atoms with E-state index in [4.69, 9.17) is 9.66 Å². The molecule has 3 N–H and O–H groups in total. The number of carboxylic acid groups (broad SMARTS) is 1. The average molecular weight is 265 g/mol. The Labute approximate surface area is 98.5 Å². The summed E-state index contributed by atoms with van der Waals surface area (Å²) in [5.41, 5.74) is 0. The molecule has 0 saturated heterocycles. The Balaban J connectivity index is 2.41. The summed E-state index contributed by atoms with van der Waals surface area (Å²) in [6.45, 7) is 0.325. The van der Waals surface area contributed by atoms with Gasteiger partial charge in [0.15, 0.2) is 5.13 Å². The van der Waals surface area contributed by atoms with Crippen molar-refractivity contribution >= 4 is 33.7 Å². The average Bonchev–Trinajstić information content (AvgIpc) is 2.69. The fourth-order valence-corrected chi connectivity index (χ4v) is 2.28. The Kier molecular flexibility index (Phi) is 5.32. The minimum absolute atomic E-state index is 0.177. The van der Waals surface area contributed by atoms with E-state index in [2.05, 4.69) is 10.3 Å². The maximum atomic E-state index is 11.0. The highest BCUT2D eigenvalue weighted by Crippen LogP contribution is 2.17. The van der Waals surface area contributed by atoms with Gasteiger partial charge in [-0.15, -0.1) is 11.3 Å². The van der Waals surface area contributed by atoms with Crippen molar-refractivity contribution in [3.63, 3.8) is 0 Å². The number of rotatable bonds is 7. The van der Waals surface area contributed by atoms with E-state index in [1.807, 2.05) is 0 Å². The molecule has 0 amide bonds. The molecule has 0 saturated carbocycles. The van der Waals surface area contributed by atoms with Crippen molar-refractivity contribution in [3.8, 4) is 0 Å². The van der Waals surface area contributed by atoms with E-state index >= 15 is 0 Å². The second kappa shape index (κ2) is 6.53. The van der Waals surface area contributed by atoms with Crippen molar-refractivity contribution in [2.24, 2.45) is 0 Å². The Morgan fingerprint density at radius 2 is 2.44 bits per heavy atom. The van der Waals surface area contributed by atoms with Gasteiger partial charge >= 0.3 is 5.97 Å². The number of carboxylic acids is 1. The van der Waals surface area contributed by atoms with Crippen LogP contribution in [0.15, 0.2) is 11.6 Å². The quantitative estimate of drug-likeness (QED) is 0.464. The number of hydrogen-bond acceptors (Lipinski definition) is 5. The van der Waals surface area contributed by atoms with Gasteiger partial charge < -0.3 is 10.4 Å². The number of aliphatic carboxylic acids is 1. The first-order valence-electron chi connectivity index (χ1n) is 4.32. The second-order valence-electron chi connectivity index (χ2n) is 2.72. The van der Waals surface area contributed by atoms with E-state index in [1.165, 1.54) is 21.8 Å². The highest BCUT2D eigenvalue weighted by Gasteiger charge is 2.14. The number of carbonyl (C=O) groups is 1. The van der Waals surface area contributed by atoms with Crippen LogP contribution in [0.4, 0.5) is 5.13 Å². The fourth-order valence-electron chi connectivity index (χ4n) is 0.956. The van der Waals surface area contributed by atoms with Crippen molar-refractivity contribution in [3.05, 3.63) is 11.6 Å². The van der Waals surface area contributed by atoms with Gasteiger partial charge in [-0.1, -0.05) is 0 Å². The molecule has 0 bridgehead atoms. The van der Waals surface area contributed by atoms with Gasteiger partial charge in [-0.3, -0.25) is 9.35 Å². The molecule has 16 heavy (non-hydrogen) atoms. The highest BCUT2D eigenvalue weighted by molar-refractivity contribution is 7.81. The van der Waals surface area contributed by atoms with Crippen LogP contribution in [0.3, 0.4) is 0 Å². The normalized spacial score (nSPS) is 12.3. The maximum Gasteiger partial charge on any atom is 0.317 e. The molecular weight excluding hydrogens is 254 g/mol. The number of anilines is 1. The topological polar surface area (TPSA) is 103 Å². The molecule has 90 valence electrons. The summed E-state index contributed by atoms with van der Waals surface area (Å²) in [6.07, 6.45) is 1.53. The molecule has 7 nitrogen and oxygen atoms in total. The maximum absolute atomic E-state index is 11.0. The SMILES string of the molecule is O=C(O)CNCCN(c1nccs1)S(=O)O. The summed E-state index contributed by atoms with van der Waals surface area (Å²) in [5.74, 6) is -0.967. The van der Waals surface area contributed by atoms with Crippen molar-refractivity contribution in [1.82, 2.24) is 10.3 Å². The lowest BCUT2D eigenvalue weighted by Gasteiger charge is -2.16. The van der Waals surface area contributed by atoms with Gasteiger partial charge in [-0.05, 0) is 0 Å². The van der Waals surface area contributed by atoms with Crippen LogP contribution in [0.5, 0.6) is 0 Å². The summed E-state index contributed by atoms with van der Waals surface area (Å²) in [5, 5.41) is 13.1. The van der Waals surface area contributed by atoms with Crippen molar-refractivity contribution in [2.75, 3.05) is 23.9 Å². The van der Waals surface area contributed by atoms with Gasteiger partial charge in [0, 0.05) is 24.7 Å². The molecule has 0 aliphatic rings. The molecular formula is C7H11N3O4S2. The third-order valence-electron chi connectivity index (χ3n) is 1.59. The third kappa shape index (κ3) is 4.23. The lowest BCUT2D eigenvalue weighted by Crippen LogP contribution is -2.35. The lowest BCUT2D eigenvalue weighted by molar-refractivity contribution is -0.135. The molecule has 0 fully saturated rings. The first-order chi connectivity index (χ1) is 7.61.